The molecule has 0 aliphatic heterocycles. The number of carbonyl (C=O) groups excluding carboxylic acids is 1. The quantitative estimate of drug-likeness (QED) is 0.810. The molecule has 1 aromatic heterocycles. The number of nitrogens with one attached hydrogen (secondary N) is 1. The first kappa shape index (κ1) is 14.1. The molecule has 5 heteroatoms. The van der Waals surface area contributed by atoms with Gasteiger partial charge in [-0.25, -0.2) is 4.98 Å². The van der Waals surface area contributed by atoms with E-state index in [0.717, 1.165) is 17.1 Å². The molecule has 0 aromatic carbocycles. The zero-order valence-electron chi connectivity index (χ0n) is 10.7. The van der Waals surface area contributed by atoms with Crippen LogP contribution in [-0.4, -0.2) is 24.0 Å². The van der Waals surface area contributed by atoms with Crippen molar-refractivity contribution in [2.75, 3.05) is 13.1 Å². The first-order valence-electron chi connectivity index (χ1n) is 5.96. The van der Waals surface area contributed by atoms with Crippen LogP contribution in [0.25, 0.3) is 0 Å². The Morgan fingerprint density at radius 3 is 2.76 bits per heavy atom. The predicted molar refractivity (Wildman–Crippen MR) is 71.1 cm³/mol. The molecule has 1 unspecified atom stereocenters. The summed E-state index contributed by atoms with van der Waals surface area (Å²) in [5.41, 5.74) is 6.48. The molecule has 3 N–H and O–H groups in total. The van der Waals surface area contributed by atoms with Crippen LogP contribution in [0.15, 0.2) is 5.38 Å². The number of amides is 1. The molecule has 0 aliphatic carbocycles. The van der Waals surface area contributed by atoms with E-state index < -0.39 is 0 Å². The Kier molecular flexibility index (Phi) is 5.58. The average molecular weight is 255 g/mol. The molecule has 0 radical (unpaired) electrons. The van der Waals surface area contributed by atoms with Gasteiger partial charge in [0, 0.05) is 36.7 Å². The summed E-state index contributed by atoms with van der Waals surface area (Å²) in [5.74, 6) is 0.379. The lowest BCUT2D eigenvalue weighted by atomic mass is 10.1. The van der Waals surface area contributed by atoms with Crippen LogP contribution in [0.1, 0.15) is 37.4 Å². The number of hydrogen-bond acceptors (Lipinski definition) is 4. The number of nitrogens with two attached hydrogens (primary N) is 1. The van der Waals surface area contributed by atoms with Gasteiger partial charge in [0.05, 0.1) is 10.7 Å². The van der Waals surface area contributed by atoms with Gasteiger partial charge < -0.3 is 11.1 Å². The highest BCUT2D eigenvalue weighted by Crippen LogP contribution is 2.19. The van der Waals surface area contributed by atoms with Gasteiger partial charge in [0.1, 0.15) is 0 Å². The van der Waals surface area contributed by atoms with E-state index in [1.807, 2.05) is 6.92 Å². The lowest BCUT2D eigenvalue weighted by molar-refractivity contribution is -0.124. The Balaban J connectivity index is 2.33. The number of carbonyl (C=O) groups is 1. The van der Waals surface area contributed by atoms with E-state index in [0.29, 0.717) is 19.0 Å². The maximum absolute atomic E-state index is 11.5. The van der Waals surface area contributed by atoms with Crippen LogP contribution in [0.2, 0.25) is 0 Å². The van der Waals surface area contributed by atoms with Gasteiger partial charge in [0.15, 0.2) is 0 Å². The topological polar surface area (TPSA) is 68.0 Å². The van der Waals surface area contributed by atoms with Crippen molar-refractivity contribution in [2.45, 2.75) is 33.1 Å². The molecule has 0 spiro atoms. The van der Waals surface area contributed by atoms with E-state index >= 15 is 0 Å². The van der Waals surface area contributed by atoms with Crippen LogP contribution in [0, 0.1) is 5.92 Å². The molecule has 0 saturated carbocycles. The van der Waals surface area contributed by atoms with Gasteiger partial charge in [-0.3, -0.25) is 4.79 Å². The fraction of sp³-hybridized carbons (Fsp3) is 0.667. The van der Waals surface area contributed by atoms with Crippen molar-refractivity contribution in [3.63, 3.8) is 0 Å². The van der Waals surface area contributed by atoms with Crippen LogP contribution in [-0.2, 0) is 11.2 Å². The molecule has 4 nitrogen and oxygen atoms in total. The Morgan fingerprint density at radius 2 is 2.24 bits per heavy atom. The molecule has 1 heterocycles. The molecule has 0 saturated heterocycles. The van der Waals surface area contributed by atoms with E-state index in [9.17, 15) is 4.79 Å². The average Bonchev–Trinajstić information content (AvgIpc) is 2.76. The standard InChI is InChI=1S/C12H21N3OS/c1-8(2)12-15-10(7-17-12)4-5-14-11(16)9(3)6-13/h7-9H,4-6,13H2,1-3H3,(H,14,16). The van der Waals surface area contributed by atoms with Gasteiger partial charge in [-0.1, -0.05) is 20.8 Å². The zero-order chi connectivity index (χ0) is 12.8. The smallest absolute Gasteiger partial charge is 0.224 e. The molecule has 0 fully saturated rings. The van der Waals surface area contributed by atoms with Crippen LogP contribution in [0.5, 0.6) is 0 Å². The number of nitrogens with zero attached hydrogens (tertiary/aromatic N) is 1. The third-order valence-corrected chi connectivity index (χ3v) is 3.74. The van der Waals surface area contributed by atoms with Crippen molar-refractivity contribution >= 4 is 17.2 Å². The highest BCUT2D eigenvalue weighted by molar-refractivity contribution is 7.09. The minimum absolute atomic E-state index is 0.0202. The van der Waals surface area contributed by atoms with E-state index in [1.165, 1.54) is 0 Å². The summed E-state index contributed by atoms with van der Waals surface area (Å²) in [6.45, 7) is 7.11. The van der Waals surface area contributed by atoms with Crippen LogP contribution in [0.3, 0.4) is 0 Å². The lowest BCUT2D eigenvalue weighted by Gasteiger charge is -2.08. The van der Waals surface area contributed by atoms with Crippen molar-refractivity contribution in [3.05, 3.63) is 16.1 Å². The van der Waals surface area contributed by atoms with E-state index in [1.54, 1.807) is 11.3 Å². The molecule has 0 bridgehead atoms. The third-order valence-electron chi connectivity index (χ3n) is 2.54. The molecule has 1 amide bonds. The molecule has 1 atom stereocenters. The molecule has 0 aliphatic rings. The summed E-state index contributed by atoms with van der Waals surface area (Å²) in [6, 6.07) is 0. The number of thiazole rings is 1. The van der Waals surface area contributed by atoms with Crippen molar-refractivity contribution in [2.24, 2.45) is 11.7 Å². The largest absolute Gasteiger partial charge is 0.355 e. The first-order chi connectivity index (χ1) is 8.04. The van der Waals surface area contributed by atoms with Crippen molar-refractivity contribution in [1.29, 1.82) is 0 Å². The maximum atomic E-state index is 11.5. The summed E-state index contributed by atoms with van der Waals surface area (Å²) >= 11 is 1.68. The van der Waals surface area contributed by atoms with Gasteiger partial charge in [-0.05, 0) is 0 Å². The second-order valence-electron chi connectivity index (χ2n) is 4.51. The minimum Gasteiger partial charge on any atom is -0.355 e. The van der Waals surface area contributed by atoms with Gasteiger partial charge in [0.25, 0.3) is 0 Å². The maximum Gasteiger partial charge on any atom is 0.224 e. The second-order valence-corrected chi connectivity index (χ2v) is 5.40. The predicted octanol–water partition coefficient (Wildman–Crippen LogP) is 1.52. The highest BCUT2D eigenvalue weighted by atomic mass is 32.1. The summed E-state index contributed by atoms with van der Waals surface area (Å²) in [5, 5.41) is 6.08. The summed E-state index contributed by atoms with van der Waals surface area (Å²) in [7, 11) is 0. The number of hydrogen-bond donors (Lipinski definition) is 2. The second kappa shape index (κ2) is 6.71. The summed E-state index contributed by atoms with van der Waals surface area (Å²) < 4.78 is 0. The fourth-order valence-corrected chi connectivity index (χ4v) is 2.17. The van der Waals surface area contributed by atoms with Crippen molar-refractivity contribution < 1.29 is 4.79 Å². The molecule has 1 aromatic rings. The van der Waals surface area contributed by atoms with Gasteiger partial charge >= 0.3 is 0 Å². The number of rotatable bonds is 6. The molecular formula is C12H21N3OS. The number of aromatic nitrogens is 1. The van der Waals surface area contributed by atoms with Gasteiger partial charge in [-0.15, -0.1) is 11.3 Å². The fourth-order valence-electron chi connectivity index (χ4n) is 1.30. The van der Waals surface area contributed by atoms with E-state index in [4.69, 9.17) is 5.73 Å². The minimum atomic E-state index is -0.114. The molecular weight excluding hydrogens is 234 g/mol. The monoisotopic (exact) mass is 255 g/mol. The third kappa shape index (κ3) is 4.44. The van der Waals surface area contributed by atoms with Crippen molar-refractivity contribution in [3.8, 4) is 0 Å². The van der Waals surface area contributed by atoms with Crippen LogP contribution >= 0.6 is 11.3 Å². The van der Waals surface area contributed by atoms with Crippen molar-refractivity contribution in [1.82, 2.24) is 10.3 Å². The normalized spacial score (nSPS) is 12.8. The SMILES string of the molecule is CC(CN)C(=O)NCCc1csc(C(C)C)n1. The molecule has 17 heavy (non-hydrogen) atoms. The lowest BCUT2D eigenvalue weighted by Crippen LogP contribution is -2.34. The summed E-state index contributed by atoms with van der Waals surface area (Å²) in [4.78, 5) is 16.0. The zero-order valence-corrected chi connectivity index (χ0v) is 11.5. The Morgan fingerprint density at radius 1 is 1.53 bits per heavy atom. The van der Waals surface area contributed by atoms with E-state index in [2.05, 4.69) is 29.5 Å². The summed E-state index contributed by atoms with van der Waals surface area (Å²) in [6.07, 6.45) is 0.784. The Bertz CT molecular complexity index is 362. The highest BCUT2D eigenvalue weighted by Gasteiger charge is 2.10. The van der Waals surface area contributed by atoms with Gasteiger partial charge in [0.2, 0.25) is 5.91 Å². The Labute approximate surface area is 107 Å². The first-order valence-corrected chi connectivity index (χ1v) is 6.84. The van der Waals surface area contributed by atoms with Crippen LogP contribution < -0.4 is 11.1 Å². The Hall–Kier alpha value is -0.940. The van der Waals surface area contributed by atoms with Crippen LogP contribution in [0.4, 0.5) is 0 Å². The van der Waals surface area contributed by atoms with E-state index in [-0.39, 0.29) is 11.8 Å². The van der Waals surface area contributed by atoms with Gasteiger partial charge in [-0.2, -0.15) is 0 Å². The molecule has 1 rings (SSSR count). The molecule has 96 valence electrons.